The molecule has 0 aromatic carbocycles. The molecule has 0 rings (SSSR count). The number of hydrogen-bond donors (Lipinski definition) is 0. The van der Waals surface area contributed by atoms with Crippen LogP contribution >= 0.6 is 0 Å². The van der Waals surface area contributed by atoms with Crippen LogP contribution in [0.25, 0.3) is 0 Å². The van der Waals surface area contributed by atoms with E-state index in [2.05, 4.69) is 18.9 Å². The first-order valence-electron chi connectivity index (χ1n) is 9.88. The molecule has 3 unspecified atom stereocenters. The van der Waals surface area contributed by atoms with Crippen LogP contribution < -0.4 is 0 Å². The molecule has 40 heavy (non-hydrogen) atoms. The zero-order valence-corrected chi connectivity index (χ0v) is 20.0. The molecule has 0 saturated heterocycles. The fourth-order valence-electron chi connectivity index (χ4n) is 2.13. The van der Waals surface area contributed by atoms with Crippen LogP contribution in [0, 0.1) is 0 Å². The molecule has 5 nitrogen and oxygen atoms in total. The average molecular weight is 643 g/mol. The Morgan fingerprint density at radius 3 is 1.30 bits per heavy atom. The van der Waals surface area contributed by atoms with Crippen molar-refractivity contribution in [1.29, 1.82) is 0 Å². The predicted octanol–water partition coefficient (Wildman–Crippen LogP) is 6.53. The van der Waals surface area contributed by atoms with E-state index in [1.54, 1.807) is 0 Å². The molecule has 0 aliphatic carbocycles. The largest absolute Gasteiger partial charge is 0.462 e. The molecule has 242 valence electrons. The first-order valence-corrected chi connectivity index (χ1v) is 9.88. The van der Waals surface area contributed by atoms with E-state index in [0.29, 0.717) is 4.90 Å². The summed E-state index contributed by atoms with van der Waals surface area (Å²) in [5, 5.41) is 0. The van der Waals surface area contributed by atoms with Crippen LogP contribution in [0.15, 0.2) is 0 Å². The highest BCUT2D eigenvalue weighted by Gasteiger charge is 2.76. The Hall–Kier alpha value is -1.46. The van der Waals surface area contributed by atoms with Gasteiger partial charge in [-0.25, -0.2) is 13.2 Å². The second-order valence-electron chi connectivity index (χ2n) is 8.46. The fourth-order valence-corrected chi connectivity index (χ4v) is 2.13. The zero-order chi connectivity index (χ0) is 32.6. The van der Waals surface area contributed by atoms with Crippen molar-refractivity contribution in [1.82, 2.24) is 4.90 Å². The molecule has 0 spiro atoms. The first kappa shape index (κ1) is 38.5. The van der Waals surface area contributed by atoms with Crippen LogP contribution in [0.5, 0.6) is 0 Å². The van der Waals surface area contributed by atoms with Gasteiger partial charge in [-0.3, -0.25) is 9.47 Å². The van der Waals surface area contributed by atoms with E-state index in [-0.39, 0.29) is 13.8 Å². The molecule has 0 heterocycles. The Morgan fingerprint density at radius 1 is 0.575 bits per heavy atom. The van der Waals surface area contributed by atoms with E-state index in [0.717, 1.165) is 14.1 Å². The van der Waals surface area contributed by atoms with E-state index in [1.165, 1.54) is 0 Å². The van der Waals surface area contributed by atoms with Gasteiger partial charge in [-0.15, -0.1) is 0 Å². The fraction of sp³-hybridized carbons (Fsp3) is 1.00. The third-order valence-corrected chi connectivity index (χ3v) is 4.22. The summed E-state index contributed by atoms with van der Waals surface area (Å²) in [5.74, 6) is -13.2. The third kappa shape index (κ3) is 9.02. The molecule has 0 aliphatic heterocycles. The highest BCUT2D eigenvalue weighted by atomic mass is 19.4. The van der Waals surface area contributed by atoms with Crippen molar-refractivity contribution in [2.24, 2.45) is 0 Å². The van der Waals surface area contributed by atoms with Crippen LogP contribution in [-0.2, 0) is 18.9 Å². The molecule has 0 fully saturated rings. The van der Waals surface area contributed by atoms with Crippen LogP contribution in [0.2, 0.25) is 0 Å². The lowest BCUT2D eigenvalue weighted by Crippen LogP contribution is -2.57. The minimum Gasteiger partial charge on any atom is -0.313 e. The molecule has 23 heteroatoms. The molecule has 0 amide bonds. The van der Waals surface area contributed by atoms with Gasteiger partial charge in [-0.2, -0.15) is 65.9 Å². The van der Waals surface area contributed by atoms with Gasteiger partial charge in [0.2, 0.25) is 0 Å². The lowest BCUT2D eigenvalue weighted by atomic mass is 10.0. The zero-order valence-electron chi connectivity index (χ0n) is 20.0. The van der Waals surface area contributed by atoms with Crippen molar-refractivity contribution >= 4 is 0 Å². The number of likely N-dealkylation sites (N-methyl/N-ethyl adjacent to an activating group) is 1. The number of alkyl halides is 18. The molecule has 0 aromatic heterocycles. The maximum Gasteiger partial charge on any atom is 0.462 e. The SMILES string of the molecule is CN(C)CC(COC(F)(F)C(F)OC(F)(F)C(F)(F)C(F)(F)F)OC(F)(F)C(F)OC(F)(F)C(F)(F)C(C)(C)F. The van der Waals surface area contributed by atoms with Crippen molar-refractivity contribution in [3.63, 3.8) is 0 Å². The smallest absolute Gasteiger partial charge is 0.313 e. The normalized spacial score (nSPS) is 17.8. The second kappa shape index (κ2) is 12.0. The van der Waals surface area contributed by atoms with Gasteiger partial charge in [0.05, 0.1) is 6.61 Å². The van der Waals surface area contributed by atoms with Crippen molar-refractivity contribution in [3.05, 3.63) is 0 Å². The van der Waals surface area contributed by atoms with Gasteiger partial charge in [-0.05, 0) is 27.9 Å². The van der Waals surface area contributed by atoms with Gasteiger partial charge in [0.15, 0.2) is 5.67 Å². The summed E-state index contributed by atoms with van der Waals surface area (Å²) in [7, 11) is 1.85. The highest BCUT2D eigenvalue weighted by Crippen LogP contribution is 2.49. The van der Waals surface area contributed by atoms with E-state index < -0.39 is 80.1 Å². The summed E-state index contributed by atoms with van der Waals surface area (Å²) in [4.78, 5) is 0.701. The van der Waals surface area contributed by atoms with E-state index in [1.807, 2.05) is 0 Å². The summed E-state index contributed by atoms with van der Waals surface area (Å²) < 4.78 is 249. The maximum atomic E-state index is 13.9. The van der Waals surface area contributed by atoms with Gasteiger partial charge >= 0.3 is 42.5 Å². The van der Waals surface area contributed by atoms with Crippen molar-refractivity contribution in [3.8, 4) is 0 Å². The van der Waals surface area contributed by atoms with Crippen molar-refractivity contribution < 1.29 is 98.0 Å². The quantitative estimate of drug-likeness (QED) is 0.179. The molecule has 0 bridgehead atoms. The molecular weight excluding hydrogens is 624 g/mol. The van der Waals surface area contributed by atoms with Crippen molar-refractivity contribution in [2.45, 2.75) is 80.8 Å². The minimum atomic E-state index is -7.23. The summed E-state index contributed by atoms with van der Waals surface area (Å²) in [5.41, 5.74) is -4.19. The van der Waals surface area contributed by atoms with Crippen LogP contribution in [0.3, 0.4) is 0 Å². The molecule has 3 atom stereocenters. The second-order valence-corrected chi connectivity index (χ2v) is 8.46. The first-order chi connectivity index (χ1) is 17.3. The molecular formula is C17H19F18NO4. The lowest BCUT2D eigenvalue weighted by molar-refractivity contribution is -0.467. The van der Waals surface area contributed by atoms with E-state index >= 15 is 0 Å². The van der Waals surface area contributed by atoms with Gasteiger partial charge in [0, 0.05) is 6.54 Å². The highest BCUT2D eigenvalue weighted by molar-refractivity contribution is 4.93. The van der Waals surface area contributed by atoms with Gasteiger partial charge < -0.3 is 14.4 Å². The Bertz CT molecular complexity index is 813. The van der Waals surface area contributed by atoms with Crippen LogP contribution in [0.1, 0.15) is 13.8 Å². The minimum absolute atomic E-state index is 0.168. The number of hydrogen-bond acceptors (Lipinski definition) is 5. The van der Waals surface area contributed by atoms with Crippen LogP contribution in [0.4, 0.5) is 79.0 Å². The number of rotatable bonds is 16. The van der Waals surface area contributed by atoms with E-state index in [9.17, 15) is 79.0 Å². The standard InChI is InChI=1S/C17H19F18NO4/c1-10(2,20)13(25,26)16(32,33)40-9(19)12(23,24)38-7(5-36(3)4)6-37-11(21,22)8(18)39-17(34,35)14(27,28)15(29,30)31/h7-9H,5-6H2,1-4H3. The number of halogens is 18. The number of nitrogens with zero attached hydrogens (tertiary/aromatic N) is 1. The Kier molecular flexibility index (Phi) is 11.6. The maximum absolute atomic E-state index is 13.9. The Labute approximate surface area is 212 Å². The van der Waals surface area contributed by atoms with Crippen LogP contribution in [-0.4, -0.2) is 99.1 Å². The van der Waals surface area contributed by atoms with E-state index in [4.69, 9.17) is 0 Å². The summed E-state index contributed by atoms with van der Waals surface area (Å²) >= 11 is 0. The van der Waals surface area contributed by atoms with Crippen molar-refractivity contribution in [2.75, 3.05) is 27.2 Å². The van der Waals surface area contributed by atoms with Gasteiger partial charge in [0.1, 0.15) is 6.10 Å². The monoisotopic (exact) mass is 643 g/mol. The topological polar surface area (TPSA) is 40.2 Å². The third-order valence-electron chi connectivity index (χ3n) is 4.22. The van der Waals surface area contributed by atoms with Gasteiger partial charge in [0.25, 0.3) is 12.7 Å². The number of ether oxygens (including phenoxy) is 4. The molecule has 0 N–H and O–H groups in total. The molecule has 0 saturated carbocycles. The predicted molar refractivity (Wildman–Crippen MR) is 92.3 cm³/mol. The summed E-state index contributed by atoms with van der Waals surface area (Å²) in [6, 6.07) is 0. The average Bonchev–Trinajstić information content (AvgIpc) is 2.68. The molecule has 0 aromatic rings. The lowest BCUT2D eigenvalue weighted by Gasteiger charge is -2.35. The molecule has 0 radical (unpaired) electrons. The Balaban J connectivity index is 5.70. The van der Waals surface area contributed by atoms with Gasteiger partial charge in [-0.1, -0.05) is 0 Å². The summed E-state index contributed by atoms with van der Waals surface area (Å²) in [6.45, 7) is -3.72. The summed E-state index contributed by atoms with van der Waals surface area (Å²) in [6.07, 6.45) is -45.0. The Morgan fingerprint density at radius 2 is 0.950 bits per heavy atom. The molecule has 0 aliphatic rings.